The van der Waals surface area contributed by atoms with Crippen LogP contribution in [0.1, 0.15) is 16.7 Å². The van der Waals surface area contributed by atoms with Crippen molar-refractivity contribution >= 4 is 15.8 Å². The minimum absolute atomic E-state index is 0.121. The van der Waals surface area contributed by atoms with Crippen molar-refractivity contribution in [3.05, 3.63) is 83.4 Å². The molecule has 1 unspecified atom stereocenters. The zero-order valence-electron chi connectivity index (χ0n) is 15.7. The summed E-state index contributed by atoms with van der Waals surface area (Å²) in [5.41, 5.74) is 4.71. The quantitative estimate of drug-likeness (QED) is 0.493. The molecule has 3 aromatic carbocycles. The first-order valence-electron chi connectivity index (χ1n) is 9.07. The van der Waals surface area contributed by atoms with Crippen LogP contribution in [0.5, 0.6) is 5.75 Å². The van der Waals surface area contributed by atoms with E-state index in [0.717, 1.165) is 27.8 Å². The van der Waals surface area contributed by atoms with Crippen LogP contribution in [0.4, 0.5) is 0 Å². The summed E-state index contributed by atoms with van der Waals surface area (Å²) in [7, 11) is -3.86. The van der Waals surface area contributed by atoms with Gasteiger partial charge in [-0.3, -0.25) is 4.79 Å². The third kappa shape index (κ3) is 3.22. The summed E-state index contributed by atoms with van der Waals surface area (Å²) in [6.07, 6.45) is 0.121. The standard InChI is InChI=1S/C23H20O4S/c1-15-6-5-8-17(12-15)20-11-10-19(13-16(20)2)28(25,26)22-14-18-7-3-4-9-21(18)27-23(22)24/h3-13,22H,14H2,1-2H3. The molecule has 0 fully saturated rings. The van der Waals surface area contributed by atoms with Crippen molar-refractivity contribution in [2.45, 2.75) is 30.4 Å². The number of fused-ring (bicyclic) bond motifs is 1. The molecule has 0 radical (unpaired) electrons. The highest BCUT2D eigenvalue weighted by atomic mass is 32.2. The molecule has 28 heavy (non-hydrogen) atoms. The Morgan fingerprint density at radius 1 is 0.929 bits per heavy atom. The summed E-state index contributed by atoms with van der Waals surface area (Å²) in [6.45, 7) is 3.90. The van der Waals surface area contributed by atoms with Crippen molar-refractivity contribution in [3.63, 3.8) is 0 Å². The van der Waals surface area contributed by atoms with Crippen molar-refractivity contribution in [2.24, 2.45) is 0 Å². The van der Waals surface area contributed by atoms with Crippen molar-refractivity contribution in [1.82, 2.24) is 0 Å². The highest BCUT2D eigenvalue weighted by molar-refractivity contribution is 7.92. The first-order chi connectivity index (χ1) is 13.4. The molecule has 3 aromatic rings. The van der Waals surface area contributed by atoms with E-state index in [9.17, 15) is 13.2 Å². The van der Waals surface area contributed by atoms with E-state index >= 15 is 0 Å². The summed E-state index contributed by atoms with van der Waals surface area (Å²) >= 11 is 0. The lowest BCUT2D eigenvalue weighted by atomic mass is 9.99. The number of hydrogen-bond donors (Lipinski definition) is 0. The summed E-state index contributed by atoms with van der Waals surface area (Å²) in [6, 6.07) is 20.1. The van der Waals surface area contributed by atoms with Crippen LogP contribution in [-0.2, 0) is 21.1 Å². The van der Waals surface area contributed by atoms with Gasteiger partial charge in [-0.25, -0.2) is 8.42 Å². The SMILES string of the molecule is Cc1cccc(-c2ccc(S(=O)(=O)C3Cc4ccccc4OC3=O)cc2C)c1. The second kappa shape index (κ2) is 6.91. The number of para-hydroxylation sites is 1. The Hall–Kier alpha value is -2.92. The molecule has 1 heterocycles. The van der Waals surface area contributed by atoms with Crippen LogP contribution in [-0.4, -0.2) is 19.6 Å². The third-order valence-electron chi connectivity index (χ3n) is 5.08. The number of carbonyl (C=O) groups excluding carboxylic acids is 1. The van der Waals surface area contributed by atoms with Gasteiger partial charge in [-0.2, -0.15) is 0 Å². The van der Waals surface area contributed by atoms with Gasteiger partial charge >= 0.3 is 5.97 Å². The van der Waals surface area contributed by atoms with Gasteiger partial charge in [0.2, 0.25) is 0 Å². The van der Waals surface area contributed by atoms with Gasteiger partial charge in [0.05, 0.1) is 4.90 Å². The Morgan fingerprint density at radius 3 is 2.46 bits per heavy atom. The van der Waals surface area contributed by atoms with E-state index < -0.39 is 21.1 Å². The molecule has 1 aliphatic heterocycles. The van der Waals surface area contributed by atoms with Crippen molar-refractivity contribution < 1.29 is 17.9 Å². The lowest BCUT2D eigenvalue weighted by Gasteiger charge is -2.23. The molecule has 0 spiro atoms. The second-order valence-corrected chi connectivity index (χ2v) is 9.24. The molecular formula is C23H20O4S. The Bertz CT molecular complexity index is 1180. The fourth-order valence-corrected chi connectivity index (χ4v) is 5.21. The van der Waals surface area contributed by atoms with E-state index in [1.54, 1.807) is 36.4 Å². The van der Waals surface area contributed by atoms with Gasteiger partial charge in [0.25, 0.3) is 0 Å². The topological polar surface area (TPSA) is 60.4 Å². The van der Waals surface area contributed by atoms with Crippen molar-refractivity contribution in [3.8, 4) is 16.9 Å². The molecule has 0 bridgehead atoms. The van der Waals surface area contributed by atoms with E-state index in [1.165, 1.54) is 0 Å². The van der Waals surface area contributed by atoms with Crippen LogP contribution in [0, 0.1) is 13.8 Å². The summed E-state index contributed by atoms with van der Waals surface area (Å²) in [5, 5.41) is -1.23. The molecular weight excluding hydrogens is 372 g/mol. The van der Waals surface area contributed by atoms with Crippen LogP contribution in [0.25, 0.3) is 11.1 Å². The van der Waals surface area contributed by atoms with E-state index in [0.29, 0.717) is 5.75 Å². The number of ether oxygens (including phenoxy) is 1. The molecule has 0 saturated heterocycles. The monoisotopic (exact) mass is 392 g/mol. The lowest BCUT2D eigenvalue weighted by molar-refractivity contribution is -0.134. The molecule has 5 heteroatoms. The predicted octanol–water partition coefficient (Wildman–Crippen LogP) is 4.27. The average molecular weight is 392 g/mol. The summed E-state index contributed by atoms with van der Waals surface area (Å²) in [4.78, 5) is 12.5. The number of hydrogen-bond acceptors (Lipinski definition) is 4. The smallest absolute Gasteiger partial charge is 0.330 e. The molecule has 1 aliphatic rings. The Labute approximate surface area is 164 Å². The number of sulfone groups is 1. The second-order valence-electron chi connectivity index (χ2n) is 7.11. The number of benzene rings is 3. The van der Waals surface area contributed by atoms with Crippen LogP contribution in [0.2, 0.25) is 0 Å². The molecule has 0 N–H and O–H groups in total. The predicted molar refractivity (Wildman–Crippen MR) is 108 cm³/mol. The number of aryl methyl sites for hydroxylation is 2. The minimum Gasteiger partial charge on any atom is -0.425 e. The average Bonchev–Trinajstić information content (AvgIpc) is 2.67. The van der Waals surface area contributed by atoms with Gasteiger partial charge in [0, 0.05) is 6.42 Å². The van der Waals surface area contributed by atoms with E-state index in [4.69, 9.17) is 4.74 Å². The van der Waals surface area contributed by atoms with E-state index in [2.05, 4.69) is 6.07 Å². The molecule has 0 amide bonds. The molecule has 0 aliphatic carbocycles. The van der Waals surface area contributed by atoms with Gasteiger partial charge in [-0.05, 0) is 54.3 Å². The van der Waals surface area contributed by atoms with Gasteiger partial charge in [-0.15, -0.1) is 0 Å². The van der Waals surface area contributed by atoms with Crippen molar-refractivity contribution in [1.29, 1.82) is 0 Å². The fourth-order valence-electron chi connectivity index (χ4n) is 3.58. The van der Waals surface area contributed by atoms with E-state index in [1.807, 2.05) is 38.1 Å². The van der Waals surface area contributed by atoms with Crippen LogP contribution >= 0.6 is 0 Å². The molecule has 1 atom stereocenters. The molecule has 0 saturated carbocycles. The Balaban J connectivity index is 1.71. The molecule has 4 nitrogen and oxygen atoms in total. The number of rotatable bonds is 3. The van der Waals surface area contributed by atoms with E-state index in [-0.39, 0.29) is 11.3 Å². The fraction of sp³-hybridized carbons (Fsp3) is 0.174. The van der Waals surface area contributed by atoms with Gasteiger partial charge in [0.1, 0.15) is 5.75 Å². The van der Waals surface area contributed by atoms with Crippen LogP contribution in [0.3, 0.4) is 0 Å². The zero-order chi connectivity index (χ0) is 19.9. The lowest BCUT2D eigenvalue weighted by Crippen LogP contribution is -2.39. The Morgan fingerprint density at radius 2 is 1.71 bits per heavy atom. The van der Waals surface area contributed by atoms with Crippen molar-refractivity contribution in [2.75, 3.05) is 0 Å². The van der Waals surface area contributed by atoms with Gasteiger partial charge in [0.15, 0.2) is 15.1 Å². The number of carbonyl (C=O) groups is 1. The zero-order valence-corrected chi connectivity index (χ0v) is 16.5. The van der Waals surface area contributed by atoms with Gasteiger partial charge < -0.3 is 4.74 Å². The Kier molecular flexibility index (Phi) is 4.55. The third-order valence-corrected chi connectivity index (χ3v) is 7.10. The maximum atomic E-state index is 13.2. The highest BCUT2D eigenvalue weighted by Gasteiger charge is 2.39. The minimum atomic E-state index is -3.86. The first-order valence-corrected chi connectivity index (χ1v) is 10.6. The van der Waals surface area contributed by atoms with Gasteiger partial charge in [-0.1, -0.05) is 54.1 Å². The molecule has 4 rings (SSSR count). The molecule has 0 aromatic heterocycles. The molecule has 142 valence electrons. The largest absolute Gasteiger partial charge is 0.425 e. The summed E-state index contributed by atoms with van der Waals surface area (Å²) < 4.78 is 31.6. The van der Waals surface area contributed by atoms with Crippen LogP contribution in [0.15, 0.2) is 71.6 Å². The number of esters is 1. The normalized spacial score (nSPS) is 16.4. The first kappa shape index (κ1) is 18.4. The summed E-state index contributed by atoms with van der Waals surface area (Å²) in [5.74, 6) is -0.288. The van der Waals surface area contributed by atoms with Crippen LogP contribution < -0.4 is 4.74 Å². The maximum Gasteiger partial charge on any atom is 0.330 e. The highest BCUT2D eigenvalue weighted by Crippen LogP contribution is 2.32. The maximum absolute atomic E-state index is 13.2.